The van der Waals surface area contributed by atoms with Crippen LogP contribution in [0.25, 0.3) is 0 Å². The Morgan fingerprint density at radius 2 is 1.21 bits per heavy atom. The van der Waals surface area contributed by atoms with Crippen molar-refractivity contribution in [1.82, 2.24) is 10.2 Å². The van der Waals surface area contributed by atoms with E-state index in [1.165, 1.54) is 11.1 Å². The van der Waals surface area contributed by atoms with Gasteiger partial charge in [-0.1, -0.05) is 134 Å². The maximum absolute atomic E-state index is 12.6. The number of aliphatic hydroxyl groups excluding tert-OH is 1. The summed E-state index contributed by atoms with van der Waals surface area (Å²) >= 11 is 0. The maximum atomic E-state index is 12.6. The lowest BCUT2D eigenvalue weighted by molar-refractivity contribution is -0.276. The van der Waals surface area contributed by atoms with Crippen LogP contribution in [-0.2, 0) is 35.7 Å². The van der Waals surface area contributed by atoms with Crippen LogP contribution in [0.3, 0.4) is 0 Å². The van der Waals surface area contributed by atoms with Crippen molar-refractivity contribution >= 4 is 11.7 Å². The van der Waals surface area contributed by atoms with E-state index in [0.29, 0.717) is 18.8 Å². The van der Waals surface area contributed by atoms with E-state index in [2.05, 4.69) is 71.0 Å². The summed E-state index contributed by atoms with van der Waals surface area (Å²) in [5.74, 6) is 0.0459. The molecule has 7 heteroatoms. The number of hydrogen-bond acceptors (Lipinski definition) is 5. The fraction of sp³-hybridized carbons (Fsp3) is 0.244. The van der Waals surface area contributed by atoms with E-state index in [4.69, 9.17) is 9.47 Å². The molecule has 0 unspecified atom stereocenters. The molecule has 5 aromatic rings. The minimum atomic E-state index is -0.607. The normalized spacial score (nSPS) is 19.1. The van der Waals surface area contributed by atoms with E-state index in [9.17, 15) is 9.90 Å². The molecule has 6 rings (SSSR count). The first kappa shape index (κ1) is 33.1. The summed E-state index contributed by atoms with van der Waals surface area (Å²) in [5, 5.41) is 15.5. The topological polar surface area (TPSA) is 83.1 Å². The second kappa shape index (κ2) is 16.4. The summed E-state index contributed by atoms with van der Waals surface area (Å²) in [4.78, 5) is 15.0. The third-order valence-electron chi connectivity index (χ3n) is 8.80. The fourth-order valence-corrected chi connectivity index (χ4v) is 6.13. The van der Waals surface area contributed by atoms with Crippen LogP contribution < -0.4 is 10.6 Å². The number of urea groups is 1. The smallest absolute Gasteiger partial charge is 0.319 e. The average molecular weight is 642 g/mol. The van der Waals surface area contributed by atoms with Crippen LogP contribution in [0, 0.1) is 5.92 Å². The monoisotopic (exact) mass is 641 g/mol. The lowest BCUT2D eigenvalue weighted by Crippen LogP contribution is -2.44. The molecule has 7 nitrogen and oxygen atoms in total. The van der Waals surface area contributed by atoms with E-state index >= 15 is 0 Å². The Morgan fingerprint density at radius 3 is 1.77 bits per heavy atom. The molecule has 4 atom stereocenters. The molecule has 246 valence electrons. The van der Waals surface area contributed by atoms with Gasteiger partial charge in [0.15, 0.2) is 6.29 Å². The van der Waals surface area contributed by atoms with Crippen LogP contribution in [0.15, 0.2) is 140 Å². The number of hydrogen-bond donors (Lipinski definition) is 3. The summed E-state index contributed by atoms with van der Waals surface area (Å²) in [6.07, 6.45) is -0.969. The highest BCUT2D eigenvalue weighted by Crippen LogP contribution is 2.42. The van der Waals surface area contributed by atoms with Crippen LogP contribution in [0.4, 0.5) is 10.5 Å². The van der Waals surface area contributed by atoms with Gasteiger partial charge >= 0.3 is 6.03 Å². The van der Waals surface area contributed by atoms with Crippen LogP contribution >= 0.6 is 0 Å². The predicted molar refractivity (Wildman–Crippen MR) is 189 cm³/mol. The largest absolute Gasteiger partial charge is 0.392 e. The van der Waals surface area contributed by atoms with Gasteiger partial charge in [-0.3, -0.25) is 4.90 Å². The number of aliphatic hydroxyl groups is 1. The van der Waals surface area contributed by atoms with Gasteiger partial charge < -0.3 is 25.2 Å². The van der Waals surface area contributed by atoms with Crippen molar-refractivity contribution in [2.24, 2.45) is 5.92 Å². The highest BCUT2D eigenvalue weighted by atomic mass is 16.7. The number of amides is 2. The Bertz CT molecular complexity index is 1660. The quantitative estimate of drug-likeness (QED) is 0.129. The number of nitrogens with zero attached hydrogens (tertiary/aromatic N) is 1. The fourth-order valence-electron chi connectivity index (χ4n) is 6.13. The molecule has 1 heterocycles. The molecule has 2 amide bonds. The van der Waals surface area contributed by atoms with Crippen molar-refractivity contribution in [2.75, 3.05) is 11.9 Å². The molecular weight excluding hydrogens is 598 g/mol. The Labute approximate surface area is 283 Å². The minimum absolute atomic E-state index is 0.00564. The molecule has 3 N–H and O–H groups in total. The Hall–Kier alpha value is -4.79. The third kappa shape index (κ3) is 8.97. The first-order valence-corrected chi connectivity index (χ1v) is 16.5. The van der Waals surface area contributed by atoms with E-state index in [1.807, 2.05) is 91.0 Å². The second-order valence-corrected chi connectivity index (χ2v) is 12.4. The zero-order chi connectivity index (χ0) is 33.1. The van der Waals surface area contributed by atoms with Crippen LogP contribution in [0.5, 0.6) is 0 Å². The van der Waals surface area contributed by atoms with Crippen molar-refractivity contribution < 1.29 is 19.4 Å². The van der Waals surface area contributed by atoms with Crippen LogP contribution in [-0.4, -0.2) is 28.7 Å². The number of rotatable bonds is 12. The molecule has 0 aliphatic carbocycles. The molecule has 1 saturated heterocycles. The first-order valence-electron chi connectivity index (χ1n) is 16.5. The summed E-state index contributed by atoms with van der Waals surface area (Å²) < 4.78 is 13.5. The number of carbonyl (C=O) groups is 1. The number of benzene rings is 5. The predicted octanol–water partition coefficient (Wildman–Crippen LogP) is 7.99. The number of anilines is 1. The van der Waals surface area contributed by atoms with Crippen molar-refractivity contribution in [1.29, 1.82) is 0 Å². The van der Waals surface area contributed by atoms with Crippen molar-refractivity contribution in [2.45, 2.75) is 51.7 Å². The maximum Gasteiger partial charge on any atom is 0.319 e. The van der Waals surface area contributed by atoms with Gasteiger partial charge in [-0.05, 0) is 39.9 Å². The number of nitrogens with one attached hydrogen (secondary N) is 2. The van der Waals surface area contributed by atoms with Gasteiger partial charge in [0, 0.05) is 43.3 Å². The summed E-state index contributed by atoms with van der Waals surface area (Å²) in [6.45, 7) is 4.91. The van der Waals surface area contributed by atoms with Crippen LogP contribution in [0.2, 0.25) is 0 Å². The average Bonchev–Trinajstić information content (AvgIpc) is 3.13. The van der Waals surface area contributed by atoms with E-state index in [-0.39, 0.29) is 30.8 Å². The zero-order valence-corrected chi connectivity index (χ0v) is 27.2. The zero-order valence-electron chi connectivity index (χ0n) is 27.2. The van der Waals surface area contributed by atoms with Crippen molar-refractivity contribution in [3.63, 3.8) is 0 Å². The second-order valence-electron chi connectivity index (χ2n) is 12.4. The van der Waals surface area contributed by atoms with Crippen molar-refractivity contribution in [3.05, 3.63) is 173 Å². The number of carbonyl (C=O) groups excluding carboxylic acids is 1. The van der Waals surface area contributed by atoms with E-state index < -0.39 is 6.29 Å². The molecule has 48 heavy (non-hydrogen) atoms. The van der Waals surface area contributed by atoms with E-state index in [1.54, 1.807) is 0 Å². The molecule has 0 bridgehead atoms. The minimum Gasteiger partial charge on any atom is -0.392 e. The highest BCUT2D eigenvalue weighted by Gasteiger charge is 2.39. The van der Waals surface area contributed by atoms with Gasteiger partial charge in [-0.2, -0.15) is 0 Å². The van der Waals surface area contributed by atoms with Crippen molar-refractivity contribution in [3.8, 4) is 0 Å². The van der Waals surface area contributed by atoms with Gasteiger partial charge in [0.05, 0.1) is 18.8 Å². The Kier molecular flexibility index (Phi) is 11.3. The van der Waals surface area contributed by atoms with Gasteiger partial charge in [0.2, 0.25) is 0 Å². The lowest BCUT2D eigenvalue weighted by atomic mass is 9.89. The highest BCUT2D eigenvalue weighted by molar-refractivity contribution is 5.89. The third-order valence-corrected chi connectivity index (χ3v) is 8.80. The standard InChI is InChI=1S/C41H43N3O4/c1-30-38(28-44(26-32-13-7-3-8-14-32)27-33-15-9-4-10-16-33)47-40(48-39(30)35-19-17-34(29-45)18-20-35)36-21-23-37(24-22-36)43-41(46)42-25-31-11-5-2-6-12-31/h2-24,30,38-40,45H,25-29H2,1H3,(H2,42,43,46)/t30-,38+,39+,40+/m0/s1. The summed E-state index contributed by atoms with van der Waals surface area (Å²) in [5.41, 5.74) is 6.98. The molecule has 1 fully saturated rings. The molecule has 1 aliphatic heterocycles. The Morgan fingerprint density at radius 1 is 0.667 bits per heavy atom. The molecule has 0 spiro atoms. The SMILES string of the molecule is C[C@H]1[C@@H](CN(Cc2ccccc2)Cc2ccccc2)O[C@@H](c2ccc(NC(=O)NCc3ccccc3)cc2)O[C@H]1c1ccc(CO)cc1. The molecule has 5 aromatic carbocycles. The molecule has 1 aliphatic rings. The Balaban J connectivity index is 1.20. The first-order chi connectivity index (χ1) is 23.5. The lowest BCUT2D eigenvalue weighted by Gasteiger charge is -2.43. The molecule has 0 radical (unpaired) electrons. The van der Waals surface area contributed by atoms with Gasteiger partial charge in [-0.15, -0.1) is 0 Å². The summed E-state index contributed by atoms with van der Waals surface area (Å²) in [6, 6.07) is 46.2. The van der Waals surface area contributed by atoms with Crippen LogP contribution in [0.1, 0.15) is 52.7 Å². The molecular formula is C41H43N3O4. The summed E-state index contributed by atoms with van der Waals surface area (Å²) in [7, 11) is 0. The van der Waals surface area contributed by atoms with Gasteiger partial charge in [0.1, 0.15) is 0 Å². The number of ether oxygens (including phenoxy) is 2. The van der Waals surface area contributed by atoms with Gasteiger partial charge in [0.25, 0.3) is 0 Å². The molecule has 0 aromatic heterocycles. The molecule has 0 saturated carbocycles. The van der Waals surface area contributed by atoms with Gasteiger partial charge in [-0.25, -0.2) is 4.79 Å². The van der Waals surface area contributed by atoms with E-state index in [0.717, 1.165) is 35.3 Å².